The molecule has 26 heavy (non-hydrogen) atoms. The number of hydrogen-bond donors (Lipinski definition) is 2. The summed E-state index contributed by atoms with van der Waals surface area (Å²) in [5.74, 6) is 0.207. The fourth-order valence-corrected chi connectivity index (χ4v) is 2.31. The molecule has 0 aromatic heterocycles. The van der Waals surface area contributed by atoms with Crippen molar-refractivity contribution in [2.24, 2.45) is 0 Å². The zero-order valence-electron chi connectivity index (χ0n) is 14.3. The third-order valence-corrected chi connectivity index (χ3v) is 3.52. The number of nitrogens with one attached hydrogen (secondary N) is 2. The minimum absolute atomic E-state index is 0.111. The lowest BCUT2D eigenvalue weighted by molar-refractivity contribution is 0.0976. The quantitative estimate of drug-likeness (QED) is 0.576. The minimum atomic E-state index is -0.368. The van der Waals surface area contributed by atoms with Crippen LogP contribution in [0.5, 0.6) is 5.75 Å². The Hall–Kier alpha value is -2.95. The van der Waals surface area contributed by atoms with Gasteiger partial charge in [0.05, 0.1) is 17.9 Å². The number of carbonyl (C=O) groups excluding carboxylic acids is 1. The molecule has 2 aromatic carbocycles. The molecular weight excluding hydrogens is 350 g/mol. The smallest absolute Gasteiger partial charge is 0.257 e. The van der Waals surface area contributed by atoms with Crippen LogP contribution in [-0.4, -0.2) is 30.8 Å². The summed E-state index contributed by atoms with van der Waals surface area (Å²) in [5.41, 5.74) is 1.39. The predicted molar refractivity (Wildman–Crippen MR) is 103 cm³/mol. The Bertz CT molecular complexity index is 818. The molecule has 0 aliphatic heterocycles. The number of ether oxygens (including phenoxy) is 2. The summed E-state index contributed by atoms with van der Waals surface area (Å²) in [6.07, 6.45) is 0. The van der Waals surface area contributed by atoms with E-state index in [1.54, 1.807) is 48.5 Å². The molecular formula is C19H19N3O3S. The number of benzene rings is 2. The van der Waals surface area contributed by atoms with E-state index in [2.05, 4.69) is 16.7 Å². The van der Waals surface area contributed by atoms with Gasteiger partial charge in [-0.2, -0.15) is 5.26 Å². The standard InChI is InChI=1S/C19H19N3O3S/c1-2-24-10-11-25-16-8-5-7-14(12-16)18(23)22-19(26)21-17-9-4-3-6-15(17)13-20/h3-9,12H,2,10-11H2,1H3,(H2,21,22,23,26). The molecule has 0 unspecified atom stereocenters. The molecule has 0 fully saturated rings. The number of amides is 1. The maximum Gasteiger partial charge on any atom is 0.257 e. The lowest BCUT2D eigenvalue weighted by Crippen LogP contribution is -2.34. The lowest BCUT2D eigenvalue weighted by Gasteiger charge is -2.11. The normalized spacial score (nSPS) is 9.85. The molecule has 0 aliphatic rings. The van der Waals surface area contributed by atoms with E-state index in [4.69, 9.17) is 27.0 Å². The van der Waals surface area contributed by atoms with E-state index in [0.29, 0.717) is 42.4 Å². The maximum absolute atomic E-state index is 12.3. The minimum Gasteiger partial charge on any atom is -0.491 e. The maximum atomic E-state index is 12.3. The van der Waals surface area contributed by atoms with E-state index < -0.39 is 0 Å². The van der Waals surface area contributed by atoms with Gasteiger partial charge in [-0.15, -0.1) is 0 Å². The van der Waals surface area contributed by atoms with E-state index >= 15 is 0 Å². The monoisotopic (exact) mass is 369 g/mol. The zero-order valence-corrected chi connectivity index (χ0v) is 15.1. The van der Waals surface area contributed by atoms with Gasteiger partial charge in [-0.3, -0.25) is 10.1 Å². The second-order valence-corrected chi connectivity index (χ2v) is 5.55. The third-order valence-electron chi connectivity index (χ3n) is 3.32. The molecule has 0 saturated heterocycles. The topological polar surface area (TPSA) is 83.4 Å². The van der Waals surface area contributed by atoms with Crippen molar-refractivity contribution in [2.75, 3.05) is 25.1 Å². The Morgan fingerprint density at radius 2 is 2.00 bits per heavy atom. The molecule has 0 atom stereocenters. The number of carbonyl (C=O) groups is 1. The van der Waals surface area contributed by atoms with E-state index in [0.717, 1.165) is 0 Å². The van der Waals surface area contributed by atoms with E-state index in [1.165, 1.54) is 0 Å². The van der Waals surface area contributed by atoms with Gasteiger partial charge in [0.15, 0.2) is 5.11 Å². The van der Waals surface area contributed by atoms with Crippen molar-refractivity contribution in [1.82, 2.24) is 5.32 Å². The number of rotatable bonds is 7. The summed E-state index contributed by atoms with van der Waals surface area (Å²) in [7, 11) is 0. The highest BCUT2D eigenvalue weighted by Gasteiger charge is 2.10. The van der Waals surface area contributed by atoms with Gasteiger partial charge in [0.25, 0.3) is 5.91 Å². The van der Waals surface area contributed by atoms with Crippen molar-refractivity contribution >= 4 is 28.9 Å². The van der Waals surface area contributed by atoms with Crippen molar-refractivity contribution in [3.63, 3.8) is 0 Å². The molecule has 134 valence electrons. The first kappa shape index (κ1) is 19.4. The molecule has 2 aromatic rings. The lowest BCUT2D eigenvalue weighted by atomic mass is 10.2. The first-order valence-electron chi connectivity index (χ1n) is 8.06. The molecule has 6 nitrogen and oxygen atoms in total. The van der Waals surface area contributed by atoms with Crippen LogP contribution < -0.4 is 15.4 Å². The van der Waals surface area contributed by atoms with Crippen LogP contribution in [0.1, 0.15) is 22.8 Å². The highest BCUT2D eigenvalue weighted by molar-refractivity contribution is 7.80. The van der Waals surface area contributed by atoms with Crippen LogP contribution in [0, 0.1) is 11.3 Å². The van der Waals surface area contributed by atoms with Gasteiger partial charge in [0.1, 0.15) is 18.4 Å². The Balaban J connectivity index is 1.94. The van der Waals surface area contributed by atoms with E-state index in [1.807, 2.05) is 6.92 Å². The first-order chi connectivity index (χ1) is 12.6. The third kappa shape index (κ3) is 5.84. The molecule has 0 aliphatic carbocycles. The average molecular weight is 369 g/mol. The van der Waals surface area contributed by atoms with Gasteiger partial charge in [-0.1, -0.05) is 18.2 Å². The molecule has 2 N–H and O–H groups in total. The molecule has 7 heteroatoms. The van der Waals surface area contributed by atoms with Gasteiger partial charge in [0, 0.05) is 12.2 Å². The molecule has 0 spiro atoms. The number of nitrogens with zero attached hydrogens (tertiary/aromatic N) is 1. The predicted octanol–water partition coefficient (Wildman–Crippen LogP) is 3.10. The van der Waals surface area contributed by atoms with Crippen molar-refractivity contribution < 1.29 is 14.3 Å². The second-order valence-electron chi connectivity index (χ2n) is 5.14. The molecule has 0 saturated carbocycles. The van der Waals surface area contributed by atoms with Crippen LogP contribution in [0.15, 0.2) is 48.5 Å². The fraction of sp³-hybridized carbons (Fsp3) is 0.211. The van der Waals surface area contributed by atoms with Gasteiger partial charge >= 0.3 is 0 Å². The first-order valence-corrected chi connectivity index (χ1v) is 8.47. The Labute approximate surface area is 157 Å². The SMILES string of the molecule is CCOCCOc1cccc(C(=O)NC(=S)Nc2ccccc2C#N)c1. The van der Waals surface area contributed by atoms with Crippen LogP contribution in [0.25, 0.3) is 0 Å². The van der Waals surface area contributed by atoms with Crippen molar-refractivity contribution in [3.05, 3.63) is 59.7 Å². The summed E-state index contributed by atoms with van der Waals surface area (Å²) < 4.78 is 10.7. The molecule has 2 rings (SSSR count). The number of hydrogen-bond acceptors (Lipinski definition) is 5. The Morgan fingerprint density at radius 3 is 2.77 bits per heavy atom. The highest BCUT2D eigenvalue weighted by atomic mass is 32.1. The summed E-state index contributed by atoms with van der Waals surface area (Å²) in [4.78, 5) is 12.3. The van der Waals surface area contributed by atoms with Crippen molar-refractivity contribution in [1.29, 1.82) is 5.26 Å². The summed E-state index contributed by atoms with van der Waals surface area (Å²) in [6, 6.07) is 15.8. The zero-order chi connectivity index (χ0) is 18.8. The van der Waals surface area contributed by atoms with E-state index in [-0.39, 0.29) is 11.0 Å². The summed E-state index contributed by atoms with van der Waals surface area (Å²) in [5, 5.41) is 14.6. The molecule has 0 heterocycles. The largest absolute Gasteiger partial charge is 0.491 e. The Kier molecular flexibility index (Phi) is 7.55. The number of anilines is 1. The van der Waals surface area contributed by atoms with E-state index in [9.17, 15) is 4.79 Å². The van der Waals surface area contributed by atoms with Crippen molar-refractivity contribution in [3.8, 4) is 11.8 Å². The molecule has 0 radical (unpaired) electrons. The second kappa shape index (κ2) is 10.1. The molecule has 1 amide bonds. The van der Waals surface area contributed by atoms with Gasteiger partial charge < -0.3 is 14.8 Å². The Morgan fingerprint density at radius 1 is 1.19 bits per heavy atom. The number of nitriles is 1. The van der Waals surface area contributed by atoms with Gasteiger partial charge in [-0.25, -0.2) is 0 Å². The number of thiocarbonyl (C=S) groups is 1. The summed E-state index contributed by atoms with van der Waals surface area (Å²) in [6.45, 7) is 3.44. The average Bonchev–Trinajstić information content (AvgIpc) is 2.66. The van der Waals surface area contributed by atoms with Crippen LogP contribution in [0.2, 0.25) is 0 Å². The van der Waals surface area contributed by atoms with Gasteiger partial charge in [-0.05, 0) is 49.5 Å². The van der Waals surface area contributed by atoms with Crippen LogP contribution >= 0.6 is 12.2 Å². The van der Waals surface area contributed by atoms with Crippen LogP contribution in [0.4, 0.5) is 5.69 Å². The highest BCUT2D eigenvalue weighted by Crippen LogP contribution is 2.15. The summed E-state index contributed by atoms with van der Waals surface area (Å²) >= 11 is 5.15. The molecule has 0 bridgehead atoms. The van der Waals surface area contributed by atoms with Crippen molar-refractivity contribution in [2.45, 2.75) is 6.92 Å². The number of para-hydroxylation sites is 1. The fourth-order valence-electron chi connectivity index (χ4n) is 2.11. The van der Waals surface area contributed by atoms with Crippen LogP contribution in [-0.2, 0) is 4.74 Å². The van der Waals surface area contributed by atoms with Crippen LogP contribution in [0.3, 0.4) is 0 Å². The van der Waals surface area contributed by atoms with Gasteiger partial charge in [0.2, 0.25) is 0 Å².